The Morgan fingerprint density at radius 1 is 1.21 bits per heavy atom. The van der Waals surface area contributed by atoms with E-state index in [0.717, 1.165) is 23.7 Å². The number of carbonyl (C=O) groups is 2. The highest BCUT2D eigenvalue weighted by molar-refractivity contribution is 9.10. The molecule has 0 aromatic heterocycles. The van der Waals surface area contributed by atoms with Gasteiger partial charge in [-0.05, 0) is 58.7 Å². The van der Waals surface area contributed by atoms with Crippen LogP contribution in [0.5, 0.6) is 0 Å². The zero-order valence-electron chi connectivity index (χ0n) is 14.4. The van der Waals surface area contributed by atoms with Crippen molar-refractivity contribution in [3.8, 4) is 0 Å². The van der Waals surface area contributed by atoms with Gasteiger partial charge in [0.1, 0.15) is 5.60 Å². The monoisotopic (exact) mass is 396 g/mol. The van der Waals surface area contributed by atoms with Gasteiger partial charge in [-0.15, -0.1) is 0 Å². The van der Waals surface area contributed by atoms with Crippen molar-refractivity contribution in [1.82, 2.24) is 10.6 Å². The molecule has 0 aliphatic heterocycles. The first kappa shape index (κ1) is 18.9. The molecule has 1 fully saturated rings. The molecule has 24 heavy (non-hydrogen) atoms. The number of hydrogen-bond donors (Lipinski definition) is 2. The standard InChI is InChI=1S/C18H25BrN2O3/c1-17(2,3)24-16(23)21-18(8-9-18)10-11-20-12-15(22)13-4-6-14(19)7-5-13/h4-7,20H,8-12H2,1-3H3,(H,21,23). The number of nitrogens with one attached hydrogen (secondary N) is 2. The lowest BCUT2D eigenvalue weighted by Gasteiger charge is -2.23. The van der Waals surface area contributed by atoms with Crippen molar-refractivity contribution in [2.45, 2.75) is 51.2 Å². The van der Waals surface area contributed by atoms with Crippen LogP contribution >= 0.6 is 15.9 Å². The second kappa shape index (κ2) is 7.66. The summed E-state index contributed by atoms with van der Waals surface area (Å²) < 4.78 is 6.25. The molecule has 132 valence electrons. The maximum absolute atomic E-state index is 12.1. The molecule has 2 N–H and O–H groups in total. The van der Waals surface area contributed by atoms with Crippen LogP contribution < -0.4 is 10.6 Å². The minimum absolute atomic E-state index is 0.0625. The maximum Gasteiger partial charge on any atom is 0.408 e. The van der Waals surface area contributed by atoms with Crippen molar-refractivity contribution in [3.05, 3.63) is 34.3 Å². The van der Waals surface area contributed by atoms with Crippen molar-refractivity contribution >= 4 is 27.8 Å². The number of alkyl carbamates (subject to hydrolysis) is 1. The molecule has 0 radical (unpaired) electrons. The average Bonchev–Trinajstić information content (AvgIpc) is 3.21. The molecule has 0 bridgehead atoms. The first-order chi connectivity index (χ1) is 11.2. The van der Waals surface area contributed by atoms with Gasteiger partial charge in [0.2, 0.25) is 0 Å². The van der Waals surface area contributed by atoms with Crippen molar-refractivity contribution < 1.29 is 14.3 Å². The Kier molecular flexibility index (Phi) is 6.04. The minimum atomic E-state index is -0.491. The van der Waals surface area contributed by atoms with Gasteiger partial charge in [0, 0.05) is 15.6 Å². The highest BCUT2D eigenvalue weighted by atomic mass is 79.9. The van der Waals surface area contributed by atoms with Gasteiger partial charge in [-0.2, -0.15) is 0 Å². The molecule has 1 aliphatic rings. The topological polar surface area (TPSA) is 67.4 Å². The Hall–Kier alpha value is -1.40. The molecule has 0 heterocycles. The van der Waals surface area contributed by atoms with E-state index in [2.05, 4.69) is 26.6 Å². The van der Waals surface area contributed by atoms with Gasteiger partial charge in [-0.1, -0.05) is 28.1 Å². The van der Waals surface area contributed by atoms with Crippen LogP contribution in [0.25, 0.3) is 0 Å². The van der Waals surface area contributed by atoms with Gasteiger partial charge in [0.25, 0.3) is 0 Å². The number of Topliss-reactive ketones (excluding diaryl/α,β-unsaturated/α-hetero) is 1. The quantitative estimate of drug-likeness (QED) is 0.544. The Balaban J connectivity index is 1.69. The number of rotatable bonds is 7. The van der Waals surface area contributed by atoms with E-state index in [0.29, 0.717) is 18.7 Å². The summed E-state index contributed by atoms with van der Waals surface area (Å²) in [6.07, 6.45) is 2.33. The number of amides is 1. The number of halogens is 1. The van der Waals surface area contributed by atoms with Gasteiger partial charge in [0.05, 0.1) is 6.54 Å². The summed E-state index contributed by atoms with van der Waals surface area (Å²) in [6, 6.07) is 7.33. The summed E-state index contributed by atoms with van der Waals surface area (Å²) >= 11 is 3.35. The molecule has 1 aromatic carbocycles. The van der Waals surface area contributed by atoms with Crippen LogP contribution in [0.15, 0.2) is 28.7 Å². The third-order valence-electron chi connectivity index (χ3n) is 3.85. The van der Waals surface area contributed by atoms with Crippen LogP contribution in [0.4, 0.5) is 4.79 Å². The third kappa shape index (κ3) is 6.24. The summed E-state index contributed by atoms with van der Waals surface area (Å²) in [5.74, 6) is 0.0625. The van der Waals surface area contributed by atoms with E-state index in [1.165, 1.54) is 0 Å². The second-order valence-electron chi connectivity index (χ2n) is 7.26. The van der Waals surface area contributed by atoms with Crippen LogP contribution in [0, 0.1) is 0 Å². The molecule has 1 aromatic rings. The van der Waals surface area contributed by atoms with Crippen LogP contribution in [0.1, 0.15) is 50.4 Å². The van der Waals surface area contributed by atoms with E-state index >= 15 is 0 Å². The molecule has 6 heteroatoms. The van der Waals surface area contributed by atoms with Crippen molar-refractivity contribution in [2.75, 3.05) is 13.1 Å². The van der Waals surface area contributed by atoms with E-state index in [1.807, 2.05) is 32.9 Å². The molecular formula is C18H25BrN2O3. The lowest BCUT2D eigenvalue weighted by Crippen LogP contribution is -2.42. The molecule has 2 rings (SSSR count). The van der Waals surface area contributed by atoms with Gasteiger partial charge in [0.15, 0.2) is 5.78 Å². The van der Waals surface area contributed by atoms with Crippen LogP contribution in [0.2, 0.25) is 0 Å². The lowest BCUT2D eigenvalue weighted by atomic mass is 10.1. The first-order valence-electron chi connectivity index (χ1n) is 8.20. The average molecular weight is 397 g/mol. The van der Waals surface area contributed by atoms with Gasteiger partial charge < -0.3 is 15.4 Å². The second-order valence-corrected chi connectivity index (χ2v) is 8.18. The Labute approximate surface area is 151 Å². The molecule has 1 amide bonds. The van der Waals surface area contributed by atoms with E-state index in [-0.39, 0.29) is 17.4 Å². The van der Waals surface area contributed by atoms with Gasteiger partial charge >= 0.3 is 6.09 Å². The van der Waals surface area contributed by atoms with E-state index in [9.17, 15) is 9.59 Å². The fourth-order valence-electron chi connectivity index (χ4n) is 2.38. The molecule has 0 spiro atoms. The van der Waals surface area contributed by atoms with Crippen molar-refractivity contribution in [3.63, 3.8) is 0 Å². The summed E-state index contributed by atoms with van der Waals surface area (Å²) in [5, 5.41) is 6.12. The number of benzene rings is 1. The maximum atomic E-state index is 12.1. The normalized spacial score (nSPS) is 15.7. The van der Waals surface area contributed by atoms with Crippen molar-refractivity contribution in [2.24, 2.45) is 0 Å². The molecule has 5 nitrogen and oxygen atoms in total. The van der Waals surface area contributed by atoms with E-state index < -0.39 is 5.60 Å². The summed E-state index contributed by atoms with van der Waals surface area (Å²) in [7, 11) is 0. The number of ether oxygens (including phenoxy) is 1. The first-order valence-corrected chi connectivity index (χ1v) is 8.99. The molecule has 1 saturated carbocycles. The zero-order chi connectivity index (χ0) is 17.8. The molecule has 0 atom stereocenters. The molecule has 0 saturated heterocycles. The highest BCUT2D eigenvalue weighted by Gasteiger charge is 2.44. The largest absolute Gasteiger partial charge is 0.444 e. The number of ketones is 1. The Morgan fingerprint density at radius 3 is 2.38 bits per heavy atom. The summed E-state index contributed by atoms with van der Waals surface area (Å²) in [6.45, 7) is 6.52. The van der Waals surface area contributed by atoms with Gasteiger partial charge in [-0.25, -0.2) is 4.79 Å². The number of carbonyl (C=O) groups excluding carboxylic acids is 2. The molecular weight excluding hydrogens is 372 g/mol. The zero-order valence-corrected chi connectivity index (χ0v) is 16.0. The van der Waals surface area contributed by atoms with Crippen LogP contribution in [-0.4, -0.2) is 36.1 Å². The predicted molar refractivity (Wildman–Crippen MR) is 97.3 cm³/mol. The Bertz CT molecular complexity index is 589. The lowest BCUT2D eigenvalue weighted by molar-refractivity contribution is 0.0493. The highest BCUT2D eigenvalue weighted by Crippen LogP contribution is 2.38. The van der Waals surface area contributed by atoms with Gasteiger partial charge in [-0.3, -0.25) is 4.79 Å². The van der Waals surface area contributed by atoms with Crippen LogP contribution in [-0.2, 0) is 4.74 Å². The smallest absolute Gasteiger partial charge is 0.408 e. The fourth-order valence-corrected chi connectivity index (χ4v) is 2.64. The fraction of sp³-hybridized carbons (Fsp3) is 0.556. The Morgan fingerprint density at radius 2 is 1.83 bits per heavy atom. The van der Waals surface area contributed by atoms with Crippen LogP contribution in [0.3, 0.4) is 0 Å². The van der Waals surface area contributed by atoms with Crippen molar-refractivity contribution in [1.29, 1.82) is 0 Å². The van der Waals surface area contributed by atoms with E-state index in [4.69, 9.17) is 4.74 Å². The van der Waals surface area contributed by atoms with E-state index in [1.54, 1.807) is 12.1 Å². The molecule has 0 unspecified atom stereocenters. The SMILES string of the molecule is CC(C)(C)OC(=O)NC1(CCNCC(=O)c2ccc(Br)cc2)CC1. The minimum Gasteiger partial charge on any atom is -0.444 e. The predicted octanol–water partition coefficient (Wildman–Crippen LogP) is 3.67. The molecule has 1 aliphatic carbocycles. The number of hydrogen-bond acceptors (Lipinski definition) is 4. The third-order valence-corrected chi connectivity index (χ3v) is 4.38. The summed E-state index contributed by atoms with van der Waals surface area (Å²) in [4.78, 5) is 23.9. The summed E-state index contributed by atoms with van der Waals surface area (Å²) in [5.41, 5.74) is 0.0320.